The van der Waals surface area contributed by atoms with Crippen molar-refractivity contribution in [3.8, 4) is 0 Å². The van der Waals surface area contributed by atoms with Crippen LogP contribution in [0.15, 0.2) is 0 Å². The van der Waals surface area contributed by atoms with E-state index in [1.54, 1.807) is 0 Å². The third kappa shape index (κ3) is 7.70. The number of hydroxylamine groups is 1. The molecule has 1 saturated carbocycles. The van der Waals surface area contributed by atoms with Gasteiger partial charge in [-0.1, -0.05) is 46.0 Å². The molecule has 110 valence electrons. The molecule has 5 nitrogen and oxygen atoms in total. The summed E-state index contributed by atoms with van der Waals surface area (Å²) in [7, 11) is 0. The van der Waals surface area contributed by atoms with Gasteiger partial charge < -0.3 is 9.57 Å². The molecule has 0 atom stereocenters. The molecule has 5 heteroatoms. The maximum Gasteiger partial charge on any atom is 0.533 e. The summed E-state index contributed by atoms with van der Waals surface area (Å²) in [6.07, 6.45) is 6.70. The monoisotopic (exact) mass is 271 g/mol. The van der Waals surface area contributed by atoms with E-state index in [0.29, 0.717) is 12.3 Å². The van der Waals surface area contributed by atoms with Crippen molar-refractivity contribution in [1.82, 2.24) is 5.48 Å². The van der Waals surface area contributed by atoms with E-state index in [-0.39, 0.29) is 18.4 Å². The van der Waals surface area contributed by atoms with Crippen molar-refractivity contribution >= 4 is 12.1 Å². The van der Waals surface area contributed by atoms with E-state index in [0.717, 1.165) is 6.42 Å². The van der Waals surface area contributed by atoms with E-state index >= 15 is 0 Å². The number of carbonyl (C=O) groups excluding carboxylic acids is 2. The van der Waals surface area contributed by atoms with Gasteiger partial charge in [0.05, 0.1) is 6.61 Å². The van der Waals surface area contributed by atoms with Crippen LogP contribution >= 0.6 is 0 Å². The summed E-state index contributed by atoms with van der Waals surface area (Å²) in [5.74, 6) is 0.633. The van der Waals surface area contributed by atoms with Gasteiger partial charge in [-0.3, -0.25) is 4.79 Å². The Hall–Kier alpha value is -1.26. The Balaban J connectivity index is 2.05. The first-order chi connectivity index (χ1) is 9.08. The molecule has 1 aliphatic rings. The quantitative estimate of drug-likeness (QED) is 0.616. The molecular formula is C14H25NO4. The van der Waals surface area contributed by atoms with Crippen LogP contribution in [-0.4, -0.2) is 18.7 Å². The second-order valence-corrected chi connectivity index (χ2v) is 5.62. The molecule has 0 bridgehead atoms. The number of hydrogen-bond donors (Lipinski definition) is 1. The number of ether oxygens (including phenoxy) is 1. The molecule has 0 unspecified atom stereocenters. The zero-order valence-electron chi connectivity index (χ0n) is 11.9. The van der Waals surface area contributed by atoms with Crippen molar-refractivity contribution in [3.05, 3.63) is 0 Å². The van der Waals surface area contributed by atoms with Gasteiger partial charge in [0.15, 0.2) is 0 Å². The normalized spacial score (nSPS) is 16.2. The van der Waals surface area contributed by atoms with Crippen molar-refractivity contribution in [2.75, 3.05) is 6.61 Å². The first-order valence-electron chi connectivity index (χ1n) is 7.20. The van der Waals surface area contributed by atoms with Crippen LogP contribution in [0, 0.1) is 11.8 Å². The molecule has 1 N–H and O–H groups in total. The number of hydrogen-bond acceptors (Lipinski definition) is 4. The number of amides is 1. The minimum atomic E-state index is -0.847. The highest BCUT2D eigenvalue weighted by molar-refractivity contribution is 5.76. The van der Waals surface area contributed by atoms with Crippen LogP contribution in [0.5, 0.6) is 0 Å². The zero-order valence-corrected chi connectivity index (χ0v) is 11.9. The Morgan fingerprint density at radius 2 is 1.89 bits per heavy atom. The summed E-state index contributed by atoms with van der Waals surface area (Å²) >= 11 is 0. The lowest BCUT2D eigenvalue weighted by molar-refractivity contribution is -0.131. The van der Waals surface area contributed by atoms with Gasteiger partial charge in [-0.15, -0.1) is 0 Å². The van der Waals surface area contributed by atoms with E-state index in [4.69, 9.17) is 4.74 Å². The lowest BCUT2D eigenvalue weighted by Crippen LogP contribution is -2.28. The molecule has 0 aliphatic heterocycles. The maximum atomic E-state index is 11.5. The SMILES string of the molecule is CC(C)COC(=O)ONC(=O)CCC1CCCCC1. The molecular weight excluding hydrogens is 246 g/mol. The first kappa shape index (κ1) is 15.8. The van der Waals surface area contributed by atoms with E-state index in [9.17, 15) is 9.59 Å². The van der Waals surface area contributed by atoms with Crippen molar-refractivity contribution in [2.45, 2.75) is 58.8 Å². The lowest BCUT2D eigenvalue weighted by atomic mass is 9.86. The molecule has 1 fully saturated rings. The van der Waals surface area contributed by atoms with E-state index in [1.165, 1.54) is 32.1 Å². The average Bonchev–Trinajstić information content (AvgIpc) is 2.41. The highest BCUT2D eigenvalue weighted by atomic mass is 16.8. The fourth-order valence-electron chi connectivity index (χ4n) is 2.22. The molecule has 0 heterocycles. The third-order valence-electron chi connectivity index (χ3n) is 3.29. The first-order valence-corrected chi connectivity index (χ1v) is 7.20. The summed E-state index contributed by atoms with van der Waals surface area (Å²) < 4.78 is 4.77. The molecule has 19 heavy (non-hydrogen) atoms. The molecule has 0 radical (unpaired) electrons. The summed E-state index contributed by atoms with van der Waals surface area (Å²) in [5.41, 5.74) is 2.13. The van der Waals surface area contributed by atoms with Gasteiger partial charge in [0.1, 0.15) is 0 Å². The summed E-state index contributed by atoms with van der Waals surface area (Å²) in [4.78, 5) is 27.1. The molecule has 1 aliphatic carbocycles. The molecule has 0 spiro atoms. The topological polar surface area (TPSA) is 64.6 Å². The van der Waals surface area contributed by atoms with Crippen molar-refractivity contribution < 1.29 is 19.2 Å². The summed E-state index contributed by atoms with van der Waals surface area (Å²) in [5, 5.41) is 0. The molecule has 0 aromatic heterocycles. The lowest BCUT2D eigenvalue weighted by Gasteiger charge is -2.20. The van der Waals surface area contributed by atoms with Gasteiger partial charge in [-0.25, -0.2) is 4.79 Å². The zero-order chi connectivity index (χ0) is 14.1. The highest BCUT2D eigenvalue weighted by Crippen LogP contribution is 2.27. The van der Waals surface area contributed by atoms with E-state index in [2.05, 4.69) is 10.3 Å². The Kier molecular flexibility index (Phi) is 7.30. The van der Waals surface area contributed by atoms with E-state index in [1.807, 2.05) is 13.8 Å². The van der Waals surface area contributed by atoms with Crippen LogP contribution in [0.1, 0.15) is 58.8 Å². The van der Waals surface area contributed by atoms with Crippen LogP contribution in [0.4, 0.5) is 4.79 Å². The van der Waals surface area contributed by atoms with Gasteiger partial charge in [-0.2, -0.15) is 5.48 Å². The van der Waals surface area contributed by atoms with Gasteiger partial charge in [0.25, 0.3) is 5.91 Å². The van der Waals surface area contributed by atoms with Crippen LogP contribution in [-0.2, 0) is 14.4 Å². The predicted octanol–water partition coefficient (Wildman–Crippen LogP) is 3.19. The summed E-state index contributed by atoms with van der Waals surface area (Å²) in [6, 6.07) is 0. The maximum absolute atomic E-state index is 11.5. The largest absolute Gasteiger partial charge is 0.533 e. The Bertz CT molecular complexity index is 285. The van der Waals surface area contributed by atoms with Gasteiger partial charge in [-0.05, 0) is 18.3 Å². The van der Waals surface area contributed by atoms with Crippen molar-refractivity contribution in [1.29, 1.82) is 0 Å². The Morgan fingerprint density at radius 3 is 2.53 bits per heavy atom. The van der Waals surface area contributed by atoms with Crippen molar-refractivity contribution in [2.24, 2.45) is 11.8 Å². The van der Waals surface area contributed by atoms with E-state index < -0.39 is 6.16 Å². The fraction of sp³-hybridized carbons (Fsp3) is 0.857. The smallest absolute Gasteiger partial charge is 0.432 e. The molecule has 1 rings (SSSR count). The second kappa shape index (κ2) is 8.77. The fourth-order valence-corrected chi connectivity index (χ4v) is 2.22. The summed E-state index contributed by atoms with van der Waals surface area (Å²) in [6.45, 7) is 4.14. The van der Waals surface area contributed by atoms with Gasteiger partial charge in [0.2, 0.25) is 0 Å². The number of nitrogens with one attached hydrogen (secondary N) is 1. The average molecular weight is 271 g/mol. The Morgan fingerprint density at radius 1 is 1.21 bits per heavy atom. The highest BCUT2D eigenvalue weighted by Gasteiger charge is 2.15. The number of rotatable bonds is 5. The minimum Gasteiger partial charge on any atom is -0.432 e. The predicted molar refractivity (Wildman–Crippen MR) is 71.2 cm³/mol. The molecule has 0 saturated heterocycles. The molecule has 0 aromatic rings. The Labute approximate surface area is 115 Å². The molecule has 0 aromatic carbocycles. The number of carbonyl (C=O) groups is 2. The van der Waals surface area contributed by atoms with Crippen molar-refractivity contribution in [3.63, 3.8) is 0 Å². The van der Waals surface area contributed by atoms with Crippen LogP contribution in [0.25, 0.3) is 0 Å². The molecule has 1 amide bonds. The van der Waals surface area contributed by atoms with Gasteiger partial charge >= 0.3 is 6.16 Å². The second-order valence-electron chi connectivity index (χ2n) is 5.62. The standard InChI is InChI=1S/C14H25NO4/c1-11(2)10-18-14(17)19-15-13(16)9-8-12-6-4-3-5-7-12/h11-12H,3-10H2,1-2H3,(H,15,16). The van der Waals surface area contributed by atoms with Gasteiger partial charge in [0, 0.05) is 6.42 Å². The van der Waals surface area contributed by atoms with Crippen LogP contribution in [0.2, 0.25) is 0 Å². The third-order valence-corrected chi connectivity index (χ3v) is 3.29. The van der Waals surface area contributed by atoms with Crippen LogP contribution < -0.4 is 5.48 Å². The van der Waals surface area contributed by atoms with Crippen LogP contribution in [0.3, 0.4) is 0 Å². The minimum absolute atomic E-state index is 0.245.